The van der Waals surface area contributed by atoms with E-state index in [-0.39, 0.29) is 27.8 Å². The maximum atomic E-state index is 13.0. The average molecular weight is 490 g/mol. The topological polar surface area (TPSA) is 170 Å². The standard InChI is InChI=1S/C17H19N3O8S3/c1-11-10-29(22,23)20(17(11)21)13-5-8-15(28-2)16(9-13)31(26,27)19-12-3-6-14(7-4-12)30(18,24)25/h3-9,11,19H,10H2,1-2H3,(H2,18,24,25). The molecule has 3 rings (SSSR count). The molecule has 1 fully saturated rings. The first kappa shape index (κ1) is 23.0. The van der Waals surface area contributed by atoms with Crippen LogP contribution in [-0.2, 0) is 34.9 Å². The first-order valence-corrected chi connectivity index (χ1v) is 13.3. The second-order valence-corrected chi connectivity index (χ2v) is 11.9. The van der Waals surface area contributed by atoms with E-state index in [1.54, 1.807) is 0 Å². The number of carbonyl (C=O) groups is 1. The molecule has 0 bridgehead atoms. The van der Waals surface area contributed by atoms with Gasteiger partial charge in [0.25, 0.3) is 10.0 Å². The number of carbonyl (C=O) groups excluding carboxylic acids is 1. The Bertz CT molecular complexity index is 1350. The van der Waals surface area contributed by atoms with Crippen LogP contribution in [-0.4, -0.2) is 44.0 Å². The average Bonchev–Trinajstić information content (AvgIpc) is 2.87. The van der Waals surface area contributed by atoms with Crippen molar-refractivity contribution >= 4 is 47.4 Å². The highest BCUT2D eigenvalue weighted by atomic mass is 32.2. The fourth-order valence-corrected chi connectivity index (χ4v) is 6.59. The summed E-state index contributed by atoms with van der Waals surface area (Å²) in [6.07, 6.45) is 0. The van der Waals surface area contributed by atoms with Crippen molar-refractivity contribution in [1.29, 1.82) is 0 Å². The number of hydrogen-bond acceptors (Lipinski definition) is 8. The van der Waals surface area contributed by atoms with Gasteiger partial charge in [-0.1, -0.05) is 6.92 Å². The monoisotopic (exact) mass is 489 g/mol. The second-order valence-electron chi connectivity index (χ2n) is 6.79. The number of ether oxygens (including phenoxy) is 1. The van der Waals surface area contributed by atoms with Crippen LogP contribution in [0.25, 0.3) is 0 Å². The van der Waals surface area contributed by atoms with E-state index in [0.29, 0.717) is 4.31 Å². The van der Waals surface area contributed by atoms with Gasteiger partial charge in [0.05, 0.1) is 29.4 Å². The predicted octanol–water partition coefficient (Wildman–Crippen LogP) is 0.456. The summed E-state index contributed by atoms with van der Waals surface area (Å²) in [6, 6.07) is 8.17. The molecule has 1 saturated heterocycles. The largest absolute Gasteiger partial charge is 0.495 e. The van der Waals surface area contributed by atoms with Crippen molar-refractivity contribution in [3.05, 3.63) is 42.5 Å². The first-order chi connectivity index (χ1) is 14.3. The number of sulfonamides is 3. The molecule has 1 unspecified atom stereocenters. The van der Waals surface area contributed by atoms with Gasteiger partial charge in [0.1, 0.15) is 10.6 Å². The van der Waals surface area contributed by atoms with E-state index in [0.717, 1.165) is 18.2 Å². The van der Waals surface area contributed by atoms with Gasteiger partial charge in [0.15, 0.2) is 0 Å². The lowest BCUT2D eigenvalue weighted by molar-refractivity contribution is -0.119. The molecule has 0 radical (unpaired) electrons. The van der Waals surface area contributed by atoms with Gasteiger partial charge in [-0.3, -0.25) is 9.52 Å². The summed E-state index contributed by atoms with van der Waals surface area (Å²) in [6.45, 7) is 1.47. The highest BCUT2D eigenvalue weighted by Gasteiger charge is 2.42. The number of rotatable bonds is 6. The SMILES string of the molecule is COc1ccc(N2C(=O)C(C)CS2(=O)=O)cc1S(=O)(=O)Nc1ccc(S(N)(=O)=O)cc1. The molecule has 0 aromatic heterocycles. The van der Waals surface area contributed by atoms with Crippen LogP contribution in [0.15, 0.2) is 52.3 Å². The van der Waals surface area contributed by atoms with Crippen molar-refractivity contribution in [1.82, 2.24) is 0 Å². The Labute approximate surface area is 180 Å². The van der Waals surface area contributed by atoms with E-state index in [1.165, 1.54) is 38.3 Å². The van der Waals surface area contributed by atoms with Crippen LogP contribution in [0.5, 0.6) is 5.75 Å². The Hall–Kier alpha value is -2.68. The van der Waals surface area contributed by atoms with Gasteiger partial charge < -0.3 is 4.74 Å². The predicted molar refractivity (Wildman–Crippen MR) is 112 cm³/mol. The molecule has 2 aromatic rings. The quantitative estimate of drug-likeness (QED) is 0.589. The summed E-state index contributed by atoms with van der Waals surface area (Å²) in [5.74, 6) is -1.90. The molecule has 11 nitrogen and oxygen atoms in total. The summed E-state index contributed by atoms with van der Waals surface area (Å²) in [5, 5.41) is 5.02. The van der Waals surface area contributed by atoms with Gasteiger partial charge in [0, 0.05) is 5.69 Å². The van der Waals surface area contributed by atoms with Crippen molar-refractivity contribution < 1.29 is 34.8 Å². The van der Waals surface area contributed by atoms with Gasteiger partial charge in [-0.15, -0.1) is 0 Å². The van der Waals surface area contributed by atoms with E-state index in [9.17, 15) is 30.0 Å². The molecule has 14 heteroatoms. The summed E-state index contributed by atoms with van der Waals surface area (Å²) in [4.78, 5) is 11.7. The third kappa shape index (κ3) is 4.51. The Morgan fingerprint density at radius 3 is 2.19 bits per heavy atom. The van der Waals surface area contributed by atoms with Gasteiger partial charge in [-0.25, -0.2) is 34.7 Å². The molecule has 1 heterocycles. The molecule has 0 spiro atoms. The molecule has 2 aromatic carbocycles. The van der Waals surface area contributed by atoms with Crippen LogP contribution in [0.1, 0.15) is 6.92 Å². The van der Waals surface area contributed by atoms with Gasteiger partial charge in [-0.05, 0) is 42.5 Å². The highest BCUT2D eigenvalue weighted by Crippen LogP contribution is 2.34. The van der Waals surface area contributed by atoms with Crippen molar-refractivity contribution in [2.75, 3.05) is 21.9 Å². The fraction of sp³-hybridized carbons (Fsp3) is 0.235. The summed E-state index contributed by atoms with van der Waals surface area (Å²) < 4.78 is 81.2. The number of methoxy groups -OCH3 is 1. The molecular weight excluding hydrogens is 470 g/mol. The van der Waals surface area contributed by atoms with Crippen LogP contribution in [0.3, 0.4) is 0 Å². The second kappa shape index (κ2) is 7.78. The fourth-order valence-electron chi connectivity index (χ4n) is 3.01. The van der Waals surface area contributed by atoms with Gasteiger partial charge in [-0.2, -0.15) is 0 Å². The minimum atomic E-state index is -4.31. The Morgan fingerprint density at radius 1 is 1.10 bits per heavy atom. The third-order valence-electron chi connectivity index (χ3n) is 4.47. The number of primary sulfonamides is 1. The minimum Gasteiger partial charge on any atom is -0.495 e. The molecule has 1 atom stereocenters. The van der Waals surface area contributed by atoms with Crippen molar-refractivity contribution in [2.24, 2.45) is 11.1 Å². The molecule has 0 saturated carbocycles. The van der Waals surface area contributed by atoms with Gasteiger partial charge >= 0.3 is 0 Å². The van der Waals surface area contributed by atoms with E-state index < -0.39 is 46.8 Å². The number of nitrogens with two attached hydrogens (primary N) is 1. The summed E-state index contributed by atoms with van der Waals surface area (Å²) >= 11 is 0. The molecule has 0 aliphatic carbocycles. The summed E-state index contributed by atoms with van der Waals surface area (Å²) in [7, 11) is -11.0. The number of nitrogens with one attached hydrogen (secondary N) is 1. The lowest BCUT2D eigenvalue weighted by Crippen LogP contribution is -2.30. The Morgan fingerprint density at radius 2 is 1.71 bits per heavy atom. The molecule has 1 aliphatic heterocycles. The van der Waals surface area contributed by atoms with Crippen LogP contribution < -0.4 is 18.9 Å². The smallest absolute Gasteiger partial charge is 0.265 e. The number of benzene rings is 2. The maximum Gasteiger partial charge on any atom is 0.265 e. The number of hydrogen-bond donors (Lipinski definition) is 2. The normalized spacial score (nSPS) is 18.7. The van der Waals surface area contributed by atoms with Crippen LogP contribution in [0.2, 0.25) is 0 Å². The lowest BCUT2D eigenvalue weighted by atomic mass is 10.2. The molecule has 1 amide bonds. The first-order valence-electron chi connectivity index (χ1n) is 8.67. The molecule has 1 aliphatic rings. The zero-order valence-electron chi connectivity index (χ0n) is 16.3. The number of amides is 1. The van der Waals surface area contributed by atoms with Crippen molar-refractivity contribution in [3.8, 4) is 5.75 Å². The molecule has 3 N–H and O–H groups in total. The van der Waals surface area contributed by atoms with Crippen LogP contribution in [0.4, 0.5) is 11.4 Å². The third-order valence-corrected chi connectivity index (χ3v) is 8.67. The Kier molecular flexibility index (Phi) is 5.77. The van der Waals surface area contributed by atoms with E-state index in [1.807, 2.05) is 0 Å². The van der Waals surface area contributed by atoms with Crippen LogP contribution >= 0.6 is 0 Å². The number of nitrogens with zero attached hydrogens (tertiary/aromatic N) is 1. The molecular formula is C17H19N3O8S3. The zero-order chi connectivity index (χ0) is 23.2. The van der Waals surface area contributed by atoms with Crippen LogP contribution in [0, 0.1) is 5.92 Å². The summed E-state index contributed by atoms with van der Waals surface area (Å²) in [5.41, 5.74) is -0.113. The molecule has 168 valence electrons. The van der Waals surface area contributed by atoms with Gasteiger partial charge in [0.2, 0.25) is 26.0 Å². The lowest BCUT2D eigenvalue weighted by Gasteiger charge is -2.18. The zero-order valence-corrected chi connectivity index (χ0v) is 18.8. The highest BCUT2D eigenvalue weighted by molar-refractivity contribution is 7.94. The van der Waals surface area contributed by atoms with Crippen molar-refractivity contribution in [3.63, 3.8) is 0 Å². The van der Waals surface area contributed by atoms with E-state index in [2.05, 4.69) is 4.72 Å². The Balaban J connectivity index is 2.03. The number of anilines is 2. The van der Waals surface area contributed by atoms with E-state index in [4.69, 9.17) is 9.88 Å². The van der Waals surface area contributed by atoms with Crippen molar-refractivity contribution in [2.45, 2.75) is 16.7 Å². The molecule has 31 heavy (non-hydrogen) atoms. The minimum absolute atomic E-state index is 0.0262. The van der Waals surface area contributed by atoms with E-state index >= 15 is 0 Å². The maximum absolute atomic E-state index is 13.0.